The molecule has 0 saturated carbocycles. The minimum absolute atomic E-state index is 0.0340. The highest BCUT2D eigenvalue weighted by atomic mass is 32.1. The number of fused-ring (bicyclic) bond motifs is 1. The minimum Gasteiger partial charge on any atom is -0.545 e. The van der Waals surface area contributed by atoms with Crippen LogP contribution in [-0.4, -0.2) is 11.9 Å². The molecule has 0 aliphatic carbocycles. The Kier molecular flexibility index (Phi) is 4.25. The van der Waals surface area contributed by atoms with Crippen molar-refractivity contribution >= 4 is 39.2 Å². The van der Waals surface area contributed by atoms with Crippen molar-refractivity contribution in [3.63, 3.8) is 0 Å². The molecule has 0 fully saturated rings. The zero-order valence-electron chi connectivity index (χ0n) is 14.3. The Morgan fingerprint density at radius 2 is 1.81 bits per heavy atom. The summed E-state index contributed by atoms with van der Waals surface area (Å²) in [6, 6.07) is 16.4. The molecule has 5 nitrogen and oxygen atoms in total. The maximum atomic E-state index is 12.5. The standard InChI is InChI=1S/C21H15NO4S/c1-12-6-8-13(9-7-12)15-11-27-20(18(15)21(24)25)22-19(23)17-10-14-4-2-3-5-16(14)26-17/h2-11H,1H3,(H,22,23)(H,24,25)/p-1. The second-order valence-corrected chi connectivity index (χ2v) is 6.99. The lowest BCUT2D eigenvalue weighted by Gasteiger charge is -2.09. The molecule has 4 rings (SSSR count). The number of thiophene rings is 1. The van der Waals surface area contributed by atoms with Gasteiger partial charge in [0, 0.05) is 21.9 Å². The van der Waals surface area contributed by atoms with Gasteiger partial charge in [0.05, 0.1) is 5.97 Å². The van der Waals surface area contributed by atoms with Gasteiger partial charge in [-0.1, -0.05) is 48.0 Å². The van der Waals surface area contributed by atoms with E-state index >= 15 is 0 Å². The molecule has 2 heterocycles. The first kappa shape index (κ1) is 17.1. The van der Waals surface area contributed by atoms with Crippen molar-refractivity contribution in [3.05, 3.63) is 76.9 Å². The van der Waals surface area contributed by atoms with Gasteiger partial charge in [-0.05, 0) is 24.6 Å². The van der Waals surface area contributed by atoms with Crippen LogP contribution in [0.3, 0.4) is 0 Å². The maximum Gasteiger partial charge on any atom is 0.292 e. The molecule has 0 unspecified atom stereocenters. The summed E-state index contributed by atoms with van der Waals surface area (Å²) in [6.45, 7) is 1.95. The highest BCUT2D eigenvalue weighted by Gasteiger charge is 2.19. The van der Waals surface area contributed by atoms with E-state index in [2.05, 4.69) is 5.32 Å². The number of para-hydroxylation sites is 1. The topological polar surface area (TPSA) is 82.4 Å². The van der Waals surface area contributed by atoms with Crippen LogP contribution in [0.1, 0.15) is 26.5 Å². The number of aromatic carboxylic acids is 1. The lowest BCUT2D eigenvalue weighted by Crippen LogP contribution is -2.24. The molecule has 27 heavy (non-hydrogen) atoms. The summed E-state index contributed by atoms with van der Waals surface area (Å²) in [5.41, 5.74) is 2.89. The normalized spacial score (nSPS) is 10.9. The zero-order chi connectivity index (χ0) is 19.0. The van der Waals surface area contributed by atoms with Crippen molar-refractivity contribution in [2.24, 2.45) is 0 Å². The van der Waals surface area contributed by atoms with Crippen molar-refractivity contribution in [3.8, 4) is 11.1 Å². The molecule has 4 aromatic rings. The number of anilines is 1. The number of carboxylic acids is 1. The average molecular weight is 376 g/mol. The highest BCUT2D eigenvalue weighted by Crippen LogP contribution is 2.35. The van der Waals surface area contributed by atoms with Crippen LogP contribution >= 0.6 is 11.3 Å². The Morgan fingerprint density at radius 1 is 1.07 bits per heavy atom. The number of amides is 1. The van der Waals surface area contributed by atoms with Crippen molar-refractivity contribution in [2.45, 2.75) is 6.92 Å². The second-order valence-electron chi connectivity index (χ2n) is 6.11. The van der Waals surface area contributed by atoms with Gasteiger partial charge in [0.1, 0.15) is 10.6 Å². The molecule has 0 atom stereocenters. The number of rotatable bonds is 4. The summed E-state index contributed by atoms with van der Waals surface area (Å²) >= 11 is 1.14. The zero-order valence-corrected chi connectivity index (χ0v) is 15.1. The van der Waals surface area contributed by atoms with Gasteiger partial charge in [-0.25, -0.2) is 0 Å². The number of nitrogens with one attached hydrogen (secondary N) is 1. The van der Waals surface area contributed by atoms with Gasteiger partial charge in [-0.15, -0.1) is 11.3 Å². The van der Waals surface area contributed by atoms with Gasteiger partial charge in [-0.3, -0.25) is 4.79 Å². The van der Waals surface area contributed by atoms with E-state index in [1.807, 2.05) is 49.4 Å². The van der Waals surface area contributed by atoms with Crippen molar-refractivity contribution in [1.82, 2.24) is 0 Å². The van der Waals surface area contributed by atoms with Crippen LogP contribution in [0, 0.1) is 6.92 Å². The van der Waals surface area contributed by atoms with Gasteiger partial charge in [0.2, 0.25) is 0 Å². The fourth-order valence-corrected chi connectivity index (χ4v) is 3.81. The number of furan rings is 1. The molecule has 0 aliphatic rings. The molecule has 0 saturated heterocycles. The van der Waals surface area contributed by atoms with Crippen molar-refractivity contribution in [2.75, 3.05) is 5.32 Å². The van der Waals surface area contributed by atoms with Gasteiger partial charge in [0.15, 0.2) is 5.76 Å². The smallest absolute Gasteiger partial charge is 0.292 e. The molecule has 1 amide bonds. The minimum atomic E-state index is -1.34. The van der Waals surface area contributed by atoms with Crippen LogP contribution in [0.2, 0.25) is 0 Å². The molecule has 0 bridgehead atoms. The quantitative estimate of drug-likeness (QED) is 0.582. The van der Waals surface area contributed by atoms with Gasteiger partial charge in [-0.2, -0.15) is 0 Å². The maximum absolute atomic E-state index is 12.5. The fraction of sp³-hybridized carbons (Fsp3) is 0.0476. The summed E-state index contributed by atoms with van der Waals surface area (Å²) in [5, 5.41) is 17.1. The van der Waals surface area contributed by atoms with Gasteiger partial charge < -0.3 is 19.6 Å². The summed E-state index contributed by atoms with van der Waals surface area (Å²) < 4.78 is 5.54. The molecule has 0 radical (unpaired) electrons. The largest absolute Gasteiger partial charge is 0.545 e. The average Bonchev–Trinajstić information content (AvgIpc) is 3.26. The summed E-state index contributed by atoms with van der Waals surface area (Å²) in [4.78, 5) is 24.3. The number of benzene rings is 2. The van der Waals surface area contributed by atoms with Crippen molar-refractivity contribution in [1.29, 1.82) is 0 Å². The summed E-state index contributed by atoms with van der Waals surface area (Å²) in [6.07, 6.45) is 0. The third-order valence-corrected chi connectivity index (χ3v) is 5.13. The third-order valence-electron chi connectivity index (χ3n) is 4.23. The highest BCUT2D eigenvalue weighted by molar-refractivity contribution is 7.15. The molecular weight excluding hydrogens is 362 g/mol. The summed E-state index contributed by atoms with van der Waals surface area (Å²) in [7, 11) is 0. The van der Waals surface area contributed by atoms with Crippen LogP contribution in [0.25, 0.3) is 22.1 Å². The van der Waals surface area contributed by atoms with E-state index in [9.17, 15) is 14.7 Å². The molecule has 134 valence electrons. The molecular formula is C21H14NO4S-. The Morgan fingerprint density at radius 3 is 2.52 bits per heavy atom. The fourth-order valence-electron chi connectivity index (χ4n) is 2.86. The predicted molar refractivity (Wildman–Crippen MR) is 103 cm³/mol. The number of carbonyl (C=O) groups is 2. The van der Waals surface area contributed by atoms with Crippen LogP contribution in [0.4, 0.5) is 5.00 Å². The van der Waals surface area contributed by atoms with Crippen molar-refractivity contribution < 1.29 is 19.1 Å². The lowest BCUT2D eigenvalue weighted by atomic mass is 10.0. The monoisotopic (exact) mass is 376 g/mol. The Labute approximate surface area is 158 Å². The SMILES string of the molecule is Cc1ccc(-c2csc(NC(=O)c3cc4ccccc4o3)c2C(=O)[O-])cc1. The van der Waals surface area contributed by atoms with E-state index in [0.717, 1.165) is 27.8 Å². The lowest BCUT2D eigenvalue weighted by molar-refractivity contribution is -0.254. The molecule has 0 spiro atoms. The molecule has 1 N–H and O–H groups in total. The molecule has 0 aliphatic heterocycles. The molecule has 2 aromatic carbocycles. The predicted octanol–water partition coefficient (Wildman–Crippen LogP) is 4.09. The van der Waals surface area contributed by atoms with Gasteiger partial charge in [0.25, 0.3) is 5.91 Å². The van der Waals surface area contributed by atoms with E-state index in [4.69, 9.17) is 4.42 Å². The second kappa shape index (κ2) is 6.74. The first-order valence-corrected chi connectivity index (χ1v) is 9.10. The Hall–Kier alpha value is -3.38. The Bertz CT molecular complexity index is 1120. The van der Waals surface area contributed by atoms with E-state index in [0.29, 0.717) is 11.1 Å². The van der Waals surface area contributed by atoms with Crippen LogP contribution in [-0.2, 0) is 0 Å². The molecule has 2 aromatic heterocycles. The number of hydrogen-bond acceptors (Lipinski definition) is 5. The number of aryl methyl sites for hydroxylation is 1. The molecule has 6 heteroatoms. The third kappa shape index (κ3) is 3.22. The first-order chi connectivity index (χ1) is 13.0. The number of carbonyl (C=O) groups excluding carboxylic acids is 2. The number of hydrogen-bond donors (Lipinski definition) is 1. The number of carboxylic acid groups (broad SMARTS) is 1. The van der Waals surface area contributed by atoms with E-state index in [1.165, 1.54) is 0 Å². The summed E-state index contributed by atoms with van der Waals surface area (Å²) in [5.74, 6) is -1.73. The van der Waals surface area contributed by atoms with E-state index in [1.54, 1.807) is 17.5 Å². The Balaban J connectivity index is 1.68. The van der Waals surface area contributed by atoms with Gasteiger partial charge >= 0.3 is 0 Å². The van der Waals surface area contributed by atoms with E-state index < -0.39 is 11.9 Å². The van der Waals surface area contributed by atoms with E-state index in [-0.39, 0.29) is 16.3 Å². The first-order valence-electron chi connectivity index (χ1n) is 8.23. The van der Waals surface area contributed by atoms with Crippen LogP contribution in [0.15, 0.2) is 64.4 Å². The van der Waals surface area contributed by atoms with Crippen LogP contribution < -0.4 is 10.4 Å². The van der Waals surface area contributed by atoms with Crippen LogP contribution in [0.5, 0.6) is 0 Å².